The van der Waals surface area contributed by atoms with Crippen molar-refractivity contribution < 1.29 is 14.0 Å². The van der Waals surface area contributed by atoms with Crippen molar-refractivity contribution in [1.29, 1.82) is 0 Å². The van der Waals surface area contributed by atoms with Crippen LogP contribution in [0.1, 0.15) is 63.4 Å². The molecule has 0 saturated carbocycles. The molecular weight excluding hydrogens is 246 g/mol. The molecule has 0 aliphatic carbocycles. The first kappa shape index (κ1) is 16.1. The predicted molar refractivity (Wildman–Crippen MR) is 71.6 cm³/mol. The fourth-order valence-electron chi connectivity index (χ4n) is 1.85. The summed E-state index contributed by atoms with van der Waals surface area (Å²) in [5, 5.41) is 3.98. The number of aromatic nitrogens is 2. The van der Waals surface area contributed by atoms with Crippen molar-refractivity contribution >= 4 is 0 Å². The zero-order chi connectivity index (χ0) is 14.1. The van der Waals surface area contributed by atoms with E-state index in [0.29, 0.717) is 24.9 Å². The molecule has 2 N–H and O–H groups in total. The summed E-state index contributed by atoms with van der Waals surface area (Å²) in [4.78, 5) is 4.36. The first-order valence-electron chi connectivity index (χ1n) is 6.92. The number of hydrogen-bond donors (Lipinski definition) is 1. The van der Waals surface area contributed by atoms with Gasteiger partial charge in [0.25, 0.3) is 0 Å². The van der Waals surface area contributed by atoms with Gasteiger partial charge >= 0.3 is 0 Å². The Balaban J connectivity index is 2.58. The highest BCUT2D eigenvalue weighted by molar-refractivity contribution is 4.95. The van der Waals surface area contributed by atoms with E-state index in [4.69, 9.17) is 19.7 Å². The summed E-state index contributed by atoms with van der Waals surface area (Å²) in [6.45, 7) is 5.38. The SMILES string of the molecule is CCCC(OCC)c1noc(C(N)CCCOC)n1. The molecule has 110 valence electrons. The van der Waals surface area contributed by atoms with Crippen LogP contribution in [-0.2, 0) is 9.47 Å². The average Bonchev–Trinajstić information content (AvgIpc) is 2.88. The molecule has 1 heterocycles. The van der Waals surface area contributed by atoms with Crippen LogP contribution in [0.2, 0.25) is 0 Å². The quantitative estimate of drug-likeness (QED) is 0.658. The first-order valence-corrected chi connectivity index (χ1v) is 6.92. The summed E-state index contributed by atoms with van der Waals surface area (Å²) in [5.41, 5.74) is 6.00. The molecule has 0 amide bonds. The zero-order valence-electron chi connectivity index (χ0n) is 12.1. The van der Waals surface area contributed by atoms with Crippen molar-refractivity contribution in [3.05, 3.63) is 11.7 Å². The van der Waals surface area contributed by atoms with Gasteiger partial charge in [0.2, 0.25) is 11.7 Å². The standard InChI is InChI=1S/C13H25N3O3/c1-4-7-11(18-5-2)12-15-13(19-16-12)10(14)8-6-9-17-3/h10-11H,4-9,14H2,1-3H3. The van der Waals surface area contributed by atoms with E-state index < -0.39 is 0 Å². The number of ether oxygens (including phenoxy) is 2. The van der Waals surface area contributed by atoms with Gasteiger partial charge in [0.15, 0.2) is 0 Å². The van der Waals surface area contributed by atoms with E-state index in [1.165, 1.54) is 0 Å². The largest absolute Gasteiger partial charge is 0.385 e. The molecule has 1 aromatic rings. The third-order valence-corrected chi connectivity index (χ3v) is 2.84. The minimum atomic E-state index is -0.236. The van der Waals surface area contributed by atoms with Gasteiger partial charge in [-0.05, 0) is 26.2 Å². The van der Waals surface area contributed by atoms with Gasteiger partial charge in [-0.2, -0.15) is 4.98 Å². The number of nitrogens with zero attached hydrogens (tertiary/aromatic N) is 2. The van der Waals surface area contributed by atoms with E-state index in [9.17, 15) is 0 Å². The van der Waals surface area contributed by atoms with Crippen molar-refractivity contribution in [2.75, 3.05) is 20.3 Å². The molecule has 6 heteroatoms. The van der Waals surface area contributed by atoms with Crippen LogP contribution in [0.3, 0.4) is 0 Å². The lowest BCUT2D eigenvalue weighted by atomic mass is 10.1. The second kappa shape index (κ2) is 9.01. The summed E-state index contributed by atoms with van der Waals surface area (Å²) < 4.78 is 15.8. The van der Waals surface area contributed by atoms with E-state index >= 15 is 0 Å². The normalized spacial score (nSPS) is 14.5. The molecular formula is C13H25N3O3. The Morgan fingerprint density at radius 3 is 2.74 bits per heavy atom. The molecule has 0 bridgehead atoms. The fourth-order valence-corrected chi connectivity index (χ4v) is 1.85. The lowest BCUT2D eigenvalue weighted by Gasteiger charge is -2.11. The lowest BCUT2D eigenvalue weighted by molar-refractivity contribution is 0.0477. The van der Waals surface area contributed by atoms with Gasteiger partial charge in [-0.15, -0.1) is 0 Å². The van der Waals surface area contributed by atoms with E-state index in [1.54, 1.807) is 7.11 Å². The topological polar surface area (TPSA) is 83.4 Å². The van der Waals surface area contributed by atoms with Crippen LogP contribution >= 0.6 is 0 Å². The maximum atomic E-state index is 6.00. The summed E-state index contributed by atoms with van der Waals surface area (Å²) in [7, 11) is 1.67. The molecule has 0 radical (unpaired) electrons. The van der Waals surface area contributed by atoms with Crippen LogP contribution in [0.5, 0.6) is 0 Å². The summed E-state index contributed by atoms with van der Waals surface area (Å²) in [6.07, 6.45) is 3.43. The van der Waals surface area contributed by atoms with Gasteiger partial charge in [0.05, 0.1) is 6.04 Å². The van der Waals surface area contributed by atoms with Crippen molar-refractivity contribution in [1.82, 2.24) is 10.1 Å². The van der Waals surface area contributed by atoms with E-state index in [2.05, 4.69) is 17.1 Å². The predicted octanol–water partition coefficient (Wildman–Crippen LogP) is 2.37. The molecule has 0 spiro atoms. The summed E-state index contributed by atoms with van der Waals surface area (Å²) in [5.74, 6) is 1.08. The van der Waals surface area contributed by atoms with Crippen LogP contribution in [0.25, 0.3) is 0 Å². The second-order valence-corrected chi connectivity index (χ2v) is 4.46. The Morgan fingerprint density at radius 1 is 1.32 bits per heavy atom. The number of nitrogens with two attached hydrogens (primary N) is 1. The Hall–Kier alpha value is -0.980. The van der Waals surface area contributed by atoms with Crippen molar-refractivity contribution in [3.63, 3.8) is 0 Å². The first-order chi connectivity index (χ1) is 9.22. The van der Waals surface area contributed by atoms with E-state index in [0.717, 1.165) is 25.7 Å². The van der Waals surface area contributed by atoms with Crippen molar-refractivity contribution in [2.24, 2.45) is 5.73 Å². The molecule has 0 fully saturated rings. The Bertz CT molecular complexity index is 338. The molecule has 0 aliphatic rings. The highest BCUT2D eigenvalue weighted by Crippen LogP contribution is 2.22. The minimum absolute atomic E-state index is 0.0984. The van der Waals surface area contributed by atoms with Gasteiger partial charge in [0.1, 0.15) is 6.10 Å². The van der Waals surface area contributed by atoms with E-state index in [-0.39, 0.29) is 12.1 Å². The van der Waals surface area contributed by atoms with Crippen LogP contribution < -0.4 is 5.73 Å². The molecule has 1 aromatic heterocycles. The smallest absolute Gasteiger partial charge is 0.243 e. The average molecular weight is 271 g/mol. The van der Waals surface area contributed by atoms with Crippen molar-refractivity contribution in [2.45, 2.75) is 51.7 Å². The molecule has 2 unspecified atom stereocenters. The monoisotopic (exact) mass is 271 g/mol. The van der Waals surface area contributed by atoms with Crippen LogP contribution in [0.15, 0.2) is 4.52 Å². The Morgan fingerprint density at radius 2 is 2.11 bits per heavy atom. The molecule has 1 rings (SSSR count). The molecule has 2 atom stereocenters. The minimum Gasteiger partial charge on any atom is -0.385 e. The zero-order valence-corrected chi connectivity index (χ0v) is 12.1. The molecule has 6 nitrogen and oxygen atoms in total. The van der Waals surface area contributed by atoms with Gasteiger partial charge in [-0.1, -0.05) is 18.5 Å². The number of rotatable bonds is 10. The number of methoxy groups -OCH3 is 1. The van der Waals surface area contributed by atoms with Crippen LogP contribution in [-0.4, -0.2) is 30.5 Å². The summed E-state index contributed by atoms with van der Waals surface area (Å²) >= 11 is 0. The Kier molecular flexibility index (Phi) is 7.62. The van der Waals surface area contributed by atoms with Crippen LogP contribution in [0, 0.1) is 0 Å². The highest BCUT2D eigenvalue weighted by Gasteiger charge is 2.20. The fraction of sp³-hybridized carbons (Fsp3) is 0.846. The molecule has 0 aromatic carbocycles. The third-order valence-electron chi connectivity index (χ3n) is 2.84. The maximum absolute atomic E-state index is 6.00. The van der Waals surface area contributed by atoms with Gasteiger partial charge in [0, 0.05) is 20.3 Å². The number of hydrogen-bond acceptors (Lipinski definition) is 6. The second-order valence-electron chi connectivity index (χ2n) is 4.46. The molecule has 0 aliphatic heterocycles. The van der Waals surface area contributed by atoms with Gasteiger partial charge in [-0.25, -0.2) is 0 Å². The van der Waals surface area contributed by atoms with Gasteiger partial charge < -0.3 is 19.7 Å². The maximum Gasteiger partial charge on any atom is 0.243 e. The van der Waals surface area contributed by atoms with E-state index in [1.807, 2.05) is 6.92 Å². The lowest BCUT2D eigenvalue weighted by Crippen LogP contribution is -2.12. The Labute approximate surface area is 114 Å². The molecule has 0 saturated heterocycles. The highest BCUT2D eigenvalue weighted by atomic mass is 16.5. The summed E-state index contributed by atoms with van der Waals surface area (Å²) in [6, 6.07) is -0.236. The van der Waals surface area contributed by atoms with Crippen LogP contribution in [0.4, 0.5) is 0 Å². The van der Waals surface area contributed by atoms with Crippen molar-refractivity contribution in [3.8, 4) is 0 Å². The third kappa shape index (κ3) is 5.26. The molecule has 19 heavy (non-hydrogen) atoms. The van der Waals surface area contributed by atoms with Gasteiger partial charge in [-0.3, -0.25) is 0 Å².